The molecule has 192 valence electrons. The second-order valence-electron chi connectivity index (χ2n) is 8.85. The number of hydrogen-bond acceptors (Lipinski definition) is 7. The standard InChI is InChI=1S/C26H24F3N5O3/c1-2-36-25(35)15-3-7-18(8-4-15)37-23-12-5-16(14-30-23)19-10-11-21(34-33-19)24-31-20-9-6-17(26(27,28)29)13-22(20)32-24/h5-6,9-15,18H,2-4,7-8H2,1H3,(H,31,32)/t15-,18+. The van der Waals surface area contributed by atoms with E-state index in [-0.39, 0.29) is 23.5 Å². The first-order chi connectivity index (χ1) is 17.8. The average molecular weight is 512 g/mol. The summed E-state index contributed by atoms with van der Waals surface area (Å²) in [6.07, 6.45) is 0.205. The number of nitrogens with zero attached hydrogens (tertiary/aromatic N) is 4. The molecule has 1 aliphatic carbocycles. The van der Waals surface area contributed by atoms with Gasteiger partial charge >= 0.3 is 12.1 Å². The largest absolute Gasteiger partial charge is 0.474 e. The van der Waals surface area contributed by atoms with Crippen LogP contribution < -0.4 is 4.74 Å². The lowest BCUT2D eigenvalue weighted by Crippen LogP contribution is -2.29. The fraction of sp³-hybridized carbons (Fsp3) is 0.346. The van der Waals surface area contributed by atoms with Crippen molar-refractivity contribution >= 4 is 17.0 Å². The van der Waals surface area contributed by atoms with Crippen LogP contribution >= 0.6 is 0 Å². The third-order valence-corrected chi connectivity index (χ3v) is 6.33. The Hall–Kier alpha value is -4.02. The monoisotopic (exact) mass is 511 g/mol. The van der Waals surface area contributed by atoms with Crippen LogP contribution in [-0.4, -0.2) is 43.8 Å². The highest BCUT2D eigenvalue weighted by Gasteiger charge is 2.31. The van der Waals surface area contributed by atoms with Gasteiger partial charge in [0.25, 0.3) is 0 Å². The quantitative estimate of drug-likeness (QED) is 0.336. The Morgan fingerprint density at radius 2 is 1.78 bits per heavy atom. The number of alkyl halides is 3. The van der Waals surface area contributed by atoms with E-state index in [4.69, 9.17) is 9.47 Å². The zero-order valence-corrected chi connectivity index (χ0v) is 20.0. The molecule has 1 saturated carbocycles. The molecule has 1 fully saturated rings. The summed E-state index contributed by atoms with van der Waals surface area (Å²) in [5, 5.41) is 8.40. The Bertz CT molecular complexity index is 1380. The Morgan fingerprint density at radius 1 is 1.03 bits per heavy atom. The molecule has 1 aromatic carbocycles. The molecule has 0 saturated heterocycles. The summed E-state index contributed by atoms with van der Waals surface area (Å²) in [5.41, 5.74) is 1.64. The smallest absolute Gasteiger partial charge is 0.416 e. The number of fused-ring (bicyclic) bond motifs is 1. The Morgan fingerprint density at radius 3 is 2.43 bits per heavy atom. The van der Waals surface area contributed by atoms with E-state index >= 15 is 0 Å². The van der Waals surface area contributed by atoms with E-state index in [0.29, 0.717) is 35.2 Å². The first-order valence-corrected chi connectivity index (χ1v) is 12.0. The molecule has 3 aromatic heterocycles. The number of ether oxygens (including phenoxy) is 2. The second-order valence-corrected chi connectivity index (χ2v) is 8.85. The maximum absolute atomic E-state index is 13.0. The van der Waals surface area contributed by atoms with Crippen LogP contribution in [0.15, 0.2) is 48.7 Å². The molecule has 4 aromatic rings. The molecule has 8 nitrogen and oxygen atoms in total. The van der Waals surface area contributed by atoms with Gasteiger partial charge in [-0.15, -0.1) is 10.2 Å². The van der Waals surface area contributed by atoms with Gasteiger partial charge in [-0.05, 0) is 69.0 Å². The van der Waals surface area contributed by atoms with Crippen molar-refractivity contribution in [2.45, 2.75) is 44.9 Å². The fourth-order valence-corrected chi connectivity index (χ4v) is 4.37. The van der Waals surface area contributed by atoms with Crippen molar-refractivity contribution in [1.29, 1.82) is 0 Å². The zero-order valence-electron chi connectivity index (χ0n) is 20.0. The molecule has 0 amide bonds. The summed E-state index contributed by atoms with van der Waals surface area (Å²) >= 11 is 0. The number of H-pyrrole nitrogens is 1. The minimum atomic E-state index is -4.43. The van der Waals surface area contributed by atoms with E-state index in [9.17, 15) is 18.0 Å². The maximum atomic E-state index is 13.0. The summed E-state index contributed by atoms with van der Waals surface area (Å²) in [6.45, 7) is 2.20. The molecule has 37 heavy (non-hydrogen) atoms. The third-order valence-electron chi connectivity index (χ3n) is 6.33. The average Bonchev–Trinajstić information content (AvgIpc) is 3.33. The normalized spacial score (nSPS) is 18.1. The van der Waals surface area contributed by atoms with Crippen LogP contribution in [0.4, 0.5) is 13.2 Å². The summed E-state index contributed by atoms with van der Waals surface area (Å²) in [5.74, 6) is 0.626. The number of nitrogens with one attached hydrogen (secondary N) is 1. The molecule has 3 heterocycles. The second kappa shape index (κ2) is 10.2. The van der Waals surface area contributed by atoms with Crippen molar-refractivity contribution in [3.8, 4) is 28.7 Å². The summed E-state index contributed by atoms with van der Waals surface area (Å²) in [4.78, 5) is 23.5. The van der Waals surface area contributed by atoms with Gasteiger partial charge in [-0.3, -0.25) is 4.79 Å². The zero-order chi connectivity index (χ0) is 26.0. The Labute approximate surface area is 210 Å². The van der Waals surface area contributed by atoms with Gasteiger partial charge in [0.05, 0.1) is 34.8 Å². The number of imidazole rings is 1. The molecular weight excluding hydrogens is 487 g/mol. The first kappa shape index (κ1) is 24.7. The highest BCUT2D eigenvalue weighted by atomic mass is 19.4. The molecule has 0 unspecified atom stereocenters. The van der Waals surface area contributed by atoms with Gasteiger partial charge < -0.3 is 14.5 Å². The number of hydrogen-bond donors (Lipinski definition) is 1. The molecule has 0 bridgehead atoms. The third kappa shape index (κ3) is 5.55. The van der Waals surface area contributed by atoms with Crippen molar-refractivity contribution in [2.75, 3.05) is 6.61 Å². The maximum Gasteiger partial charge on any atom is 0.416 e. The number of aromatic amines is 1. The van der Waals surface area contributed by atoms with Crippen molar-refractivity contribution in [1.82, 2.24) is 25.1 Å². The van der Waals surface area contributed by atoms with Crippen LogP contribution in [0.1, 0.15) is 38.2 Å². The minimum absolute atomic E-state index is 0.000813. The number of aromatic nitrogens is 5. The molecule has 0 aliphatic heterocycles. The van der Waals surface area contributed by atoms with Crippen LogP contribution in [0.3, 0.4) is 0 Å². The molecule has 1 N–H and O–H groups in total. The Balaban J connectivity index is 1.22. The minimum Gasteiger partial charge on any atom is -0.474 e. The van der Waals surface area contributed by atoms with E-state index in [1.165, 1.54) is 6.07 Å². The predicted molar refractivity (Wildman–Crippen MR) is 128 cm³/mol. The number of pyridine rings is 1. The van der Waals surface area contributed by atoms with Crippen LogP contribution in [0.25, 0.3) is 33.8 Å². The summed E-state index contributed by atoms with van der Waals surface area (Å²) in [6, 6.07) is 10.4. The molecule has 0 radical (unpaired) electrons. The SMILES string of the molecule is CCOC(=O)[C@H]1CC[C@@H](Oc2ccc(-c3ccc(-c4nc5ccc(C(F)(F)F)cc5[nH]4)nn3)cn2)CC1. The van der Waals surface area contributed by atoms with Gasteiger partial charge in [0.15, 0.2) is 5.82 Å². The number of halogens is 3. The fourth-order valence-electron chi connectivity index (χ4n) is 4.37. The molecular formula is C26H24F3N5O3. The van der Waals surface area contributed by atoms with Crippen LogP contribution in [0.5, 0.6) is 5.88 Å². The number of benzene rings is 1. The molecule has 1 aliphatic rings. The Kier molecular flexibility index (Phi) is 6.77. The molecule has 0 spiro atoms. The van der Waals surface area contributed by atoms with Gasteiger partial charge in [0.2, 0.25) is 5.88 Å². The molecule has 0 atom stereocenters. The van der Waals surface area contributed by atoms with Crippen molar-refractivity contribution < 1.29 is 27.4 Å². The first-order valence-electron chi connectivity index (χ1n) is 12.0. The van der Waals surface area contributed by atoms with Crippen LogP contribution in [0.2, 0.25) is 0 Å². The van der Waals surface area contributed by atoms with Crippen LogP contribution in [-0.2, 0) is 15.7 Å². The molecule has 11 heteroatoms. The highest BCUT2D eigenvalue weighted by molar-refractivity contribution is 5.79. The van der Waals surface area contributed by atoms with Gasteiger partial charge in [-0.1, -0.05) is 0 Å². The lowest BCUT2D eigenvalue weighted by Gasteiger charge is -2.27. The van der Waals surface area contributed by atoms with E-state index in [0.717, 1.165) is 43.4 Å². The van der Waals surface area contributed by atoms with E-state index in [1.54, 1.807) is 31.3 Å². The van der Waals surface area contributed by atoms with Crippen molar-refractivity contribution in [3.05, 3.63) is 54.2 Å². The predicted octanol–water partition coefficient (Wildman–Crippen LogP) is 5.60. The number of carbonyl (C=O) groups is 1. The van der Waals surface area contributed by atoms with Gasteiger partial charge in [0.1, 0.15) is 11.8 Å². The number of rotatable bonds is 6. The number of esters is 1. The van der Waals surface area contributed by atoms with Gasteiger partial charge in [-0.2, -0.15) is 13.2 Å². The highest BCUT2D eigenvalue weighted by Crippen LogP contribution is 2.32. The van der Waals surface area contributed by atoms with E-state index in [2.05, 4.69) is 25.1 Å². The van der Waals surface area contributed by atoms with Crippen molar-refractivity contribution in [3.63, 3.8) is 0 Å². The van der Waals surface area contributed by atoms with Crippen LogP contribution in [0, 0.1) is 5.92 Å². The lowest BCUT2D eigenvalue weighted by atomic mass is 9.87. The topological polar surface area (TPSA) is 103 Å². The van der Waals surface area contributed by atoms with Crippen molar-refractivity contribution in [2.24, 2.45) is 5.92 Å². The van der Waals surface area contributed by atoms with E-state index < -0.39 is 11.7 Å². The summed E-state index contributed by atoms with van der Waals surface area (Å²) in [7, 11) is 0. The molecule has 5 rings (SSSR count). The van der Waals surface area contributed by atoms with Gasteiger partial charge in [-0.25, -0.2) is 9.97 Å². The summed E-state index contributed by atoms with van der Waals surface area (Å²) < 4.78 is 50.0. The lowest BCUT2D eigenvalue weighted by molar-refractivity contribution is -0.149. The van der Waals surface area contributed by atoms with E-state index in [1.807, 2.05) is 6.07 Å². The van der Waals surface area contributed by atoms with Gasteiger partial charge in [0, 0.05) is 17.8 Å². The number of carbonyl (C=O) groups excluding carboxylic acids is 1.